The quantitative estimate of drug-likeness (QED) is 0.297. The van der Waals surface area contributed by atoms with E-state index in [2.05, 4.69) is 19.9 Å². The van der Waals surface area contributed by atoms with Crippen LogP contribution in [-0.2, 0) is 32.2 Å². The topological polar surface area (TPSA) is 127 Å². The third kappa shape index (κ3) is 5.44. The van der Waals surface area contributed by atoms with Crippen LogP contribution < -0.4 is 5.32 Å². The summed E-state index contributed by atoms with van der Waals surface area (Å²) in [6.45, 7) is 7.32. The van der Waals surface area contributed by atoms with Gasteiger partial charge in [0.05, 0.1) is 65.2 Å². The van der Waals surface area contributed by atoms with Crippen molar-refractivity contribution in [3.05, 3.63) is 46.7 Å². The van der Waals surface area contributed by atoms with Gasteiger partial charge in [-0.3, -0.25) is 19.5 Å². The minimum Gasteiger partial charge on any atom is -0.475 e. The van der Waals surface area contributed by atoms with Gasteiger partial charge in [0.25, 0.3) is 0 Å². The number of rotatable bonds is 5. The number of benzene rings is 1. The highest BCUT2D eigenvalue weighted by molar-refractivity contribution is 7.19. The van der Waals surface area contributed by atoms with E-state index < -0.39 is 12.1 Å². The molecule has 3 fully saturated rings. The van der Waals surface area contributed by atoms with E-state index in [1.165, 1.54) is 4.90 Å². The summed E-state index contributed by atoms with van der Waals surface area (Å²) in [5.74, 6) is -3.21. The SMILES string of the molecule is CC1(C)C2C(=O)N(Cc3cc4nccc(-c5cc(Cl)cc6ncn(C[C@H]7CNCCO7)c56)c4s3)C(=O)C21.O=C(O)C(F)(F)F. The number of alkyl halides is 3. The first-order valence-electron chi connectivity index (χ1n) is 13.8. The molecule has 2 N–H and O–H groups in total. The zero-order valence-electron chi connectivity index (χ0n) is 23.5. The Morgan fingerprint density at radius 1 is 1.16 bits per heavy atom. The van der Waals surface area contributed by atoms with E-state index in [0.29, 0.717) is 18.2 Å². The molecule has 3 atom stereocenters. The van der Waals surface area contributed by atoms with Gasteiger partial charge in [-0.2, -0.15) is 13.2 Å². The molecule has 2 aliphatic heterocycles. The smallest absolute Gasteiger partial charge is 0.475 e. The molecule has 0 bridgehead atoms. The molecule has 1 aromatic carbocycles. The number of imidazole rings is 1. The molecule has 3 aromatic heterocycles. The Morgan fingerprint density at radius 2 is 1.86 bits per heavy atom. The first-order valence-corrected chi connectivity index (χ1v) is 15.0. The molecule has 2 saturated heterocycles. The first kappa shape index (κ1) is 30.4. The van der Waals surface area contributed by atoms with Crippen molar-refractivity contribution in [1.82, 2.24) is 24.8 Å². The molecule has 0 radical (unpaired) electrons. The lowest BCUT2D eigenvalue weighted by molar-refractivity contribution is -0.192. The summed E-state index contributed by atoms with van der Waals surface area (Å²) in [5, 5.41) is 11.1. The molecular formula is C29H27ClF3N5O5S. The normalized spacial score (nSPS) is 22.7. The molecule has 10 nitrogen and oxygen atoms in total. The number of carbonyl (C=O) groups excluding carboxylic acids is 2. The lowest BCUT2D eigenvalue weighted by Crippen LogP contribution is -2.40. The average Bonchev–Trinajstić information content (AvgIpc) is 3.30. The van der Waals surface area contributed by atoms with Crippen LogP contribution in [0.4, 0.5) is 13.2 Å². The van der Waals surface area contributed by atoms with Crippen molar-refractivity contribution in [1.29, 1.82) is 0 Å². The fraction of sp³-hybridized carbons (Fsp3) is 0.414. The number of nitrogens with one attached hydrogen (secondary N) is 1. The molecule has 2 unspecified atom stereocenters. The average molecular weight is 650 g/mol. The highest BCUT2D eigenvalue weighted by Crippen LogP contribution is 2.63. The van der Waals surface area contributed by atoms with Gasteiger partial charge in [-0.25, -0.2) is 9.78 Å². The van der Waals surface area contributed by atoms with Crippen LogP contribution in [0, 0.1) is 17.3 Å². The number of pyridine rings is 1. The maximum absolute atomic E-state index is 12.9. The van der Waals surface area contributed by atoms with Crippen LogP contribution in [0.15, 0.2) is 36.8 Å². The van der Waals surface area contributed by atoms with E-state index in [-0.39, 0.29) is 41.7 Å². The number of ether oxygens (including phenoxy) is 1. The van der Waals surface area contributed by atoms with E-state index in [0.717, 1.165) is 50.3 Å². The van der Waals surface area contributed by atoms with Crippen LogP contribution in [0.3, 0.4) is 0 Å². The molecule has 1 saturated carbocycles. The number of morpholine rings is 1. The fourth-order valence-electron chi connectivity index (χ4n) is 6.07. The second kappa shape index (κ2) is 11.1. The number of carboxylic acids is 1. The van der Waals surface area contributed by atoms with E-state index >= 15 is 0 Å². The highest BCUT2D eigenvalue weighted by atomic mass is 35.5. The van der Waals surface area contributed by atoms with Crippen molar-refractivity contribution in [3.8, 4) is 11.1 Å². The van der Waals surface area contributed by atoms with Crippen LogP contribution in [0.1, 0.15) is 18.7 Å². The largest absolute Gasteiger partial charge is 0.490 e. The van der Waals surface area contributed by atoms with Gasteiger partial charge in [-0.05, 0) is 29.7 Å². The Kier molecular flexibility index (Phi) is 7.67. The first-order chi connectivity index (χ1) is 20.8. The zero-order valence-corrected chi connectivity index (χ0v) is 25.1. The number of piperidine rings is 1. The zero-order chi connectivity index (χ0) is 31.6. The number of thiophene rings is 1. The molecule has 1 aliphatic carbocycles. The molecule has 5 heterocycles. The monoisotopic (exact) mass is 649 g/mol. The van der Waals surface area contributed by atoms with Crippen molar-refractivity contribution in [3.63, 3.8) is 0 Å². The second-order valence-corrected chi connectivity index (χ2v) is 13.1. The number of carboxylic acid groups (broad SMARTS) is 1. The number of fused-ring (bicyclic) bond motifs is 3. The number of likely N-dealkylation sites (tertiary alicyclic amines) is 1. The van der Waals surface area contributed by atoms with Gasteiger partial charge in [0.15, 0.2) is 0 Å². The third-order valence-corrected chi connectivity index (χ3v) is 9.64. The summed E-state index contributed by atoms with van der Waals surface area (Å²) >= 11 is 8.11. The second-order valence-electron chi connectivity index (χ2n) is 11.5. The number of hydrogen-bond donors (Lipinski definition) is 2. The number of imide groups is 1. The number of aliphatic carboxylic acids is 1. The van der Waals surface area contributed by atoms with Gasteiger partial charge in [0.1, 0.15) is 0 Å². The Balaban J connectivity index is 0.000000441. The molecule has 3 aliphatic rings. The summed E-state index contributed by atoms with van der Waals surface area (Å²) in [4.78, 5) is 46.3. The van der Waals surface area contributed by atoms with Gasteiger partial charge in [0.2, 0.25) is 11.8 Å². The molecule has 4 aromatic rings. The van der Waals surface area contributed by atoms with Crippen molar-refractivity contribution < 1.29 is 37.4 Å². The van der Waals surface area contributed by atoms with Crippen LogP contribution >= 0.6 is 22.9 Å². The third-order valence-electron chi connectivity index (χ3n) is 8.28. The van der Waals surface area contributed by atoms with Gasteiger partial charge in [0, 0.05) is 40.3 Å². The Labute approximate surface area is 257 Å². The standard InChI is InChI=1S/C27H26ClN5O3S.C2HF3O2/c1-27(2)21-22(27)26(35)33(25(21)34)12-16-9-20-24(37-16)17(3-4-30-20)18-7-14(28)8-19-23(18)32(13-31-19)11-15-10-29-5-6-36-15;3-2(4,5)1(6)7/h3-4,7-9,13,15,21-22,29H,5-6,10-12H2,1-2H3;(H,6,7)/t15-,21?,22?;/m1./s1. The predicted octanol–water partition coefficient (Wildman–Crippen LogP) is 4.73. The molecule has 0 spiro atoms. The summed E-state index contributed by atoms with van der Waals surface area (Å²) in [5.41, 5.74) is 4.42. The summed E-state index contributed by atoms with van der Waals surface area (Å²) in [6.07, 6.45) is -1.38. The van der Waals surface area contributed by atoms with E-state index in [4.69, 9.17) is 26.2 Å². The van der Waals surface area contributed by atoms with Crippen LogP contribution in [0.5, 0.6) is 0 Å². The summed E-state index contributed by atoms with van der Waals surface area (Å²) < 4.78 is 40.8. The summed E-state index contributed by atoms with van der Waals surface area (Å²) in [7, 11) is 0. The molecule has 2 amide bonds. The number of aromatic nitrogens is 3. The molecule has 44 heavy (non-hydrogen) atoms. The van der Waals surface area contributed by atoms with Crippen LogP contribution in [0.2, 0.25) is 5.02 Å². The number of nitrogens with zero attached hydrogens (tertiary/aromatic N) is 4. The van der Waals surface area contributed by atoms with Gasteiger partial charge >= 0.3 is 12.1 Å². The van der Waals surface area contributed by atoms with E-state index in [1.54, 1.807) is 17.5 Å². The van der Waals surface area contributed by atoms with Crippen molar-refractivity contribution in [2.24, 2.45) is 17.3 Å². The van der Waals surface area contributed by atoms with E-state index in [9.17, 15) is 22.8 Å². The lowest BCUT2D eigenvalue weighted by atomic mass is 10.0. The maximum atomic E-state index is 12.9. The maximum Gasteiger partial charge on any atom is 0.490 e. The minimum atomic E-state index is -5.08. The summed E-state index contributed by atoms with van der Waals surface area (Å²) in [6, 6.07) is 7.83. The molecular weight excluding hydrogens is 623 g/mol. The van der Waals surface area contributed by atoms with E-state index in [1.807, 2.05) is 44.4 Å². The molecule has 232 valence electrons. The van der Waals surface area contributed by atoms with Crippen molar-refractivity contribution in [2.75, 3.05) is 19.7 Å². The van der Waals surface area contributed by atoms with Crippen molar-refractivity contribution >= 4 is 62.0 Å². The van der Waals surface area contributed by atoms with Gasteiger partial charge in [-0.1, -0.05) is 25.4 Å². The lowest BCUT2D eigenvalue weighted by Gasteiger charge is -2.24. The Morgan fingerprint density at radius 3 is 2.50 bits per heavy atom. The number of carbonyl (C=O) groups is 3. The van der Waals surface area contributed by atoms with Crippen LogP contribution in [0.25, 0.3) is 32.4 Å². The predicted molar refractivity (Wildman–Crippen MR) is 156 cm³/mol. The molecule has 15 heteroatoms. The number of halogens is 4. The number of hydrogen-bond acceptors (Lipinski definition) is 8. The molecule has 7 rings (SSSR count). The van der Waals surface area contributed by atoms with Gasteiger partial charge in [-0.15, -0.1) is 11.3 Å². The van der Waals surface area contributed by atoms with Gasteiger partial charge < -0.3 is 19.7 Å². The Bertz CT molecular complexity index is 1780. The number of amides is 2. The van der Waals surface area contributed by atoms with Crippen LogP contribution in [-0.4, -0.2) is 74.3 Å². The Hall–Kier alpha value is -3.59. The van der Waals surface area contributed by atoms with Crippen molar-refractivity contribution in [2.45, 2.75) is 39.2 Å². The minimum absolute atomic E-state index is 0.0505. The highest BCUT2D eigenvalue weighted by Gasteiger charge is 2.72. The fourth-order valence-corrected chi connectivity index (χ4v) is 7.41.